The lowest BCUT2D eigenvalue weighted by Crippen LogP contribution is -2.43. The largest absolute Gasteiger partial charge is 0.370 e. The van der Waals surface area contributed by atoms with Gasteiger partial charge in [0.1, 0.15) is 6.04 Å². The maximum absolute atomic E-state index is 9.06. The first-order valence-electron chi connectivity index (χ1n) is 9.30. The SMILES string of the molecule is CN1CC2=C(NC(N)=NC2c2ccc(C#N)cc2)/C(=C/c2ccc(C#N)cc2)C1. The number of likely N-dealkylation sites (N-methyl/N-ethyl adjacent to an activating group) is 1. The highest BCUT2D eigenvalue weighted by Gasteiger charge is 2.31. The fraction of sp³-hybridized carbons (Fsp3) is 0.174. The molecule has 1 unspecified atom stereocenters. The van der Waals surface area contributed by atoms with Crippen molar-refractivity contribution in [2.75, 3.05) is 20.1 Å². The highest BCUT2D eigenvalue weighted by molar-refractivity contribution is 5.84. The van der Waals surface area contributed by atoms with Crippen LogP contribution in [-0.4, -0.2) is 31.0 Å². The number of benzene rings is 2. The first-order valence-corrected chi connectivity index (χ1v) is 9.30. The molecule has 1 atom stereocenters. The molecular formula is C23H20N6. The average Bonchev–Trinajstić information content (AvgIpc) is 2.74. The lowest BCUT2D eigenvalue weighted by atomic mass is 9.89. The first kappa shape index (κ1) is 18.5. The predicted molar refractivity (Wildman–Crippen MR) is 112 cm³/mol. The van der Waals surface area contributed by atoms with Crippen LogP contribution in [0.2, 0.25) is 0 Å². The van der Waals surface area contributed by atoms with Gasteiger partial charge in [-0.05, 0) is 59.7 Å². The maximum atomic E-state index is 9.06. The van der Waals surface area contributed by atoms with Gasteiger partial charge in [-0.3, -0.25) is 4.90 Å². The van der Waals surface area contributed by atoms with Crippen LogP contribution in [0, 0.1) is 22.7 Å². The van der Waals surface area contributed by atoms with Crippen LogP contribution in [-0.2, 0) is 0 Å². The second kappa shape index (κ2) is 7.63. The molecule has 142 valence electrons. The molecule has 6 nitrogen and oxygen atoms in total. The fourth-order valence-electron chi connectivity index (χ4n) is 3.75. The van der Waals surface area contributed by atoms with Crippen LogP contribution in [0.15, 0.2) is 70.4 Å². The van der Waals surface area contributed by atoms with E-state index in [1.54, 1.807) is 0 Å². The Hall–Kier alpha value is -3.87. The molecule has 6 heteroatoms. The molecule has 0 saturated carbocycles. The van der Waals surface area contributed by atoms with Gasteiger partial charge in [0.05, 0.1) is 23.3 Å². The van der Waals surface area contributed by atoms with E-state index in [1.165, 1.54) is 0 Å². The molecule has 0 saturated heterocycles. The summed E-state index contributed by atoms with van der Waals surface area (Å²) in [5.41, 5.74) is 12.7. The van der Waals surface area contributed by atoms with Crippen LogP contribution in [0.3, 0.4) is 0 Å². The summed E-state index contributed by atoms with van der Waals surface area (Å²) in [7, 11) is 2.08. The van der Waals surface area contributed by atoms with Gasteiger partial charge in [-0.25, -0.2) is 4.99 Å². The van der Waals surface area contributed by atoms with E-state index in [1.807, 2.05) is 48.5 Å². The quantitative estimate of drug-likeness (QED) is 0.834. The van der Waals surface area contributed by atoms with Crippen LogP contribution in [0.4, 0.5) is 0 Å². The Morgan fingerprint density at radius 2 is 1.66 bits per heavy atom. The van der Waals surface area contributed by atoms with Crippen molar-refractivity contribution in [3.63, 3.8) is 0 Å². The Morgan fingerprint density at radius 1 is 1.03 bits per heavy atom. The van der Waals surface area contributed by atoms with Crippen molar-refractivity contribution >= 4 is 12.0 Å². The smallest absolute Gasteiger partial charge is 0.194 e. The molecule has 3 N–H and O–H groups in total. The standard InChI is InChI=1S/C23H20N6/c1-29-13-19(10-15-2-4-16(11-24)5-3-15)22-20(14-29)21(27-23(26)28-22)18-8-6-17(12-25)7-9-18/h2-10,21H,13-14H2,1H3,(H3,26,27,28)/b19-10+. The highest BCUT2D eigenvalue weighted by Crippen LogP contribution is 2.36. The lowest BCUT2D eigenvalue weighted by molar-refractivity contribution is 0.368. The molecule has 2 aromatic carbocycles. The molecule has 4 rings (SSSR count). The topological polar surface area (TPSA) is 101 Å². The molecule has 2 aromatic rings. The number of hydrogen-bond donors (Lipinski definition) is 2. The molecule has 0 aromatic heterocycles. The number of nitrogens with one attached hydrogen (secondary N) is 1. The average molecular weight is 380 g/mol. The predicted octanol–water partition coefficient (Wildman–Crippen LogP) is 2.67. The van der Waals surface area contributed by atoms with Crippen molar-refractivity contribution in [1.82, 2.24) is 10.2 Å². The summed E-state index contributed by atoms with van der Waals surface area (Å²) in [5, 5.41) is 21.3. The minimum atomic E-state index is -0.189. The summed E-state index contributed by atoms with van der Waals surface area (Å²) in [6, 6.07) is 19.1. The Morgan fingerprint density at radius 3 is 2.28 bits per heavy atom. The van der Waals surface area contributed by atoms with Crippen LogP contribution in [0.25, 0.3) is 6.08 Å². The zero-order valence-corrected chi connectivity index (χ0v) is 16.1. The minimum Gasteiger partial charge on any atom is -0.370 e. The van der Waals surface area contributed by atoms with Crippen LogP contribution in [0.1, 0.15) is 28.3 Å². The zero-order chi connectivity index (χ0) is 20.4. The van der Waals surface area contributed by atoms with Gasteiger partial charge in [-0.1, -0.05) is 24.3 Å². The Kier molecular flexibility index (Phi) is 4.87. The van der Waals surface area contributed by atoms with E-state index >= 15 is 0 Å². The second-order valence-corrected chi connectivity index (χ2v) is 7.25. The molecule has 0 spiro atoms. The van der Waals surface area contributed by atoms with Gasteiger partial charge in [0, 0.05) is 18.8 Å². The molecule has 29 heavy (non-hydrogen) atoms. The first-order chi connectivity index (χ1) is 14.1. The van der Waals surface area contributed by atoms with Gasteiger partial charge in [0.25, 0.3) is 0 Å². The van der Waals surface area contributed by atoms with Gasteiger partial charge in [-0.15, -0.1) is 0 Å². The molecule has 0 bridgehead atoms. The summed E-state index contributed by atoms with van der Waals surface area (Å²) >= 11 is 0. The molecule has 0 aliphatic carbocycles. The number of hydrogen-bond acceptors (Lipinski definition) is 6. The van der Waals surface area contributed by atoms with E-state index in [-0.39, 0.29) is 6.04 Å². The molecule has 0 amide bonds. The van der Waals surface area contributed by atoms with Crippen molar-refractivity contribution in [2.24, 2.45) is 10.7 Å². The molecule has 2 aliphatic rings. The van der Waals surface area contributed by atoms with Crippen molar-refractivity contribution in [2.45, 2.75) is 6.04 Å². The molecule has 0 radical (unpaired) electrons. The molecule has 2 heterocycles. The van der Waals surface area contributed by atoms with Gasteiger partial charge in [-0.2, -0.15) is 10.5 Å². The van der Waals surface area contributed by atoms with Crippen molar-refractivity contribution in [3.05, 3.63) is 87.6 Å². The summed E-state index contributed by atoms with van der Waals surface area (Å²) in [6.07, 6.45) is 2.12. The van der Waals surface area contributed by atoms with Gasteiger partial charge < -0.3 is 11.1 Å². The normalized spacial score (nSPS) is 20.3. The molecule has 2 aliphatic heterocycles. The van der Waals surface area contributed by atoms with E-state index in [0.29, 0.717) is 17.1 Å². The van der Waals surface area contributed by atoms with Crippen LogP contribution >= 0.6 is 0 Å². The minimum absolute atomic E-state index is 0.189. The van der Waals surface area contributed by atoms with Gasteiger partial charge in [0.15, 0.2) is 5.96 Å². The molecular weight excluding hydrogens is 360 g/mol. The number of aliphatic imine (C=N–C) groups is 1. The summed E-state index contributed by atoms with van der Waals surface area (Å²) in [4.78, 5) is 6.88. The van der Waals surface area contributed by atoms with Gasteiger partial charge in [0.2, 0.25) is 0 Å². The summed E-state index contributed by atoms with van der Waals surface area (Å²) in [6.45, 7) is 1.55. The molecule has 0 fully saturated rings. The fourth-order valence-corrected chi connectivity index (χ4v) is 3.75. The van der Waals surface area contributed by atoms with Crippen molar-refractivity contribution < 1.29 is 0 Å². The Balaban J connectivity index is 1.76. The monoisotopic (exact) mass is 380 g/mol. The van der Waals surface area contributed by atoms with Crippen molar-refractivity contribution in [3.8, 4) is 12.1 Å². The number of rotatable bonds is 2. The van der Waals surface area contributed by atoms with E-state index in [4.69, 9.17) is 16.3 Å². The third-order valence-corrected chi connectivity index (χ3v) is 5.11. The van der Waals surface area contributed by atoms with E-state index in [0.717, 1.165) is 41.1 Å². The maximum Gasteiger partial charge on any atom is 0.194 e. The Bertz CT molecular complexity index is 1110. The lowest BCUT2D eigenvalue weighted by Gasteiger charge is -2.36. The number of nitrogens with two attached hydrogens (primary N) is 1. The van der Waals surface area contributed by atoms with Gasteiger partial charge >= 0.3 is 0 Å². The zero-order valence-electron chi connectivity index (χ0n) is 16.1. The summed E-state index contributed by atoms with van der Waals surface area (Å²) in [5.74, 6) is 0.383. The summed E-state index contributed by atoms with van der Waals surface area (Å²) < 4.78 is 0. The Labute approximate surface area is 169 Å². The van der Waals surface area contributed by atoms with Crippen LogP contribution in [0.5, 0.6) is 0 Å². The number of nitriles is 2. The van der Waals surface area contributed by atoms with Crippen LogP contribution < -0.4 is 11.1 Å². The third-order valence-electron chi connectivity index (χ3n) is 5.11. The van der Waals surface area contributed by atoms with Crippen molar-refractivity contribution in [1.29, 1.82) is 10.5 Å². The van der Waals surface area contributed by atoms with E-state index < -0.39 is 0 Å². The number of nitrogens with zero attached hydrogens (tertiary/aromatic N) is 4. The third kappa shape index (κ3) is 3.75. The number of guanidine groups is 1. The second-order valence-electron chi connectivity index (χ2n) is 7.25. The van der Waals surface area contributed by atoms with E-state index in [2.05, 4.69) is 40.5 Å². The van der Waals surface area contributed by atoms with E-state index in [9.17, 15) is 0 Å². The highest BCUT2D eigenvalue weighted by atomic mass is 15.2.